The minimum Gasteiger partial charge on any atom is -0.370 e. The van der Waals surface area contributed by atoms with Gasteiger partial charge in [-0.15, -0.1) is 0 Å². The summed E-state index contributed by atoms with van der Waals surface area (Å²) in [4.78, 5) is 4.59. The molecule has 3 heteroatoms. The summed E-state index contributed by atoms with van der Waals surface area (Å²) in [5.41, 5.74) is 1.35. The van der Waals surface area contributed by atoms with E-state index in [0.717, 1.165) is 24.6 Å². The molecule has 1 aromatic rings. The molecule has 1 aromatic heterocycles. The van der Waals surface area contributed by atoms with Crippen molar-refractivity contribution in [1.29, 1.82) is 0 Å². The molecule has 0 radical (unpaired) electrons. The van der Waals surface area contributed by atoms with Crippen LogP contribution >= 0.6 is 0 Å². The summed E-state index contributed by atoms with van der Waals surface area (Å²) in [7, 11) is 0. The molecule has 2 N–H and O–H groups in total. The minimum atomic E-state index is 0.432. The van der Waals surface area contributed by atoms with Gasteiger partial charge in [0.25, 0.3) is 0 Å². The van der Waals surface area contributed by atoms with E-state index in [4.69, 9.17) is 0 Å². The van der Waals surface area contributed by atoms with Gasteiger partial charge >= 0.3 is 0 Å². The van der Waals surface area contributed by atoms with Gasteiger partial charge in [0, 0.05) is 12.6 Å². The molecular weight excluding hydrogens is 186 g/mol. The summed E-state index contributed by atoms with van der Waals surface area (Å²) < 4.78 is 0. The van der Waals surface area contributed by atoms with Crippen LogP contribution in [0.5, 0.6) is 0 Å². The SMILES string of the molecule is CC(C)Nc1ccc2c(n1)NCCCC2. The summed E-state index contributed by atoms with van der Waals surface area (Å²) >= 11 is 0. The Bertz CT molecular complexity index is 334. The molecule has 15 heavy (non-hydrogen) atoms. The fourth-order valence-corrected chi connectivity index (χ4v) is 1.87. The zero-order chi connectivity index (χ0) is 10.7. The van der Waals surface area contributed by atoms with Gasteiger partial charge in [-0.25, -0.2) is 4.98 Å². The first kappa shape index (κ1) is 10.3. The lowest BCUT2D eigenvalue weighted by Gasteiger charge is -2.12. The normalized spacial score (nSPS) is 15.4. The van der Waals surface area contributed by atoms with E-state index in [0.29, 0.717) is 6.04 Å². The Hall–Kier alpha value is -1.25. The zero-order valence-electron chi connectivity index (χ0n) is 9.51. The summed E-state index contributed by atoms with van der Waals surface area (Å²) in [6.07, 6.45) is 3.65. The van der Waals surface area contributed by atoms with Crippen molar-refractivity contribution in [3.63, 3.8) is 0 Å². The molecule has 2 heterocycles. The van der Waals surface area contributed by atoms with Gasteiger partial charge in [0.2, 0.25) is 0 Å². The fraction of sp³-hybridized carbons (Fsp3) is 0.583. The zero-order valence-corrected chi connectivity index (χ0v) is 9.51. The van der Waals surface area contributed by atoms with E-state index < -0.39 is 0 Å². The maximum atomic E-state index is 4.59. The highest BCUT2D eigenvalue weighted by Gasteiger charge is 2.09. The van der Waals surface area contributed by atoms with Crippen LogP contribution in [0.1, 0.15) is 32.3 Å². The summed E-state index contributed by atoms with van der Waals surface area (Å²) in [6, 6.07) is 4.69. The second-order valence-corrected chi connectivity index (χ2v) is 4.39. The van der Waals surface area contributed by atoms with E-state index in [1.54, 1.807) is 0 Å². The number of aromatic nitrogens is 1. The van der Waals surface area contributed by atoms with Gasteiger partial charge < -0.3 is 10.6 Å². The predicted molar refractivity (Wildman–Crippen MR) is 64.4 cm³/mol. The molecule has 0 spiro atoms. The lowest BCUT2D eigenvalue weighted by atomic mass is 10.1. The molecule has 0 atom stereocenters. The van der Waals surface area contributed by atoms with Crippen molar-refractivity contribution < 1.29 is 0 Å². The van der Waals surface area contributed by atoms with Crippen molar-refractivity contribution in [2.75, 3.05) is 17.2 Å². The Kier molecular flexibility index (Phi) is 3.09. The highest BCUT2D eigenvalue weighted by molar-refractivity contribution is 5.52. The van der Waals surface area contributed by atoms with E-state index in [1.165, 1.54) is 18.4 Å². The third-order valence-electron chi connectivity index (χ3n) is 2.58. The number of hydrogen-bond donors (Lipinski definition) is 2. The molecule has 0 bridgehead atoms. The Labute approximate surface area is 91.3 Å². The lowest BCUT2D eigenvalue weighted by molar-refractivity contribution is 0.785. The van der Waals surface area contributed by atoms with Crippen molar-refractivity contribution in [2.45, 2.75) is 39.2 Å². The van der Waals surface area contributed by atoms with E-state index in [1.807, 2.05) is 0 Å². The quantitative estimate of drug-likeness (QED) is 0.779. The number of nitrogens with zero attached hydrogens (tertiary/aromatic N) is 1. The first-order chi connectivity index (χ1) is 7.25. The van der Waals surface area contributed by atoms with E-state index in [2.05, 4.69) is 41.6 Å². The summed E-state index contributed by atoms with van der Waals surface area (Å²) in [5.74, 6) is 2.04. The molecule has 3 nitrogen and oxygen atoms in total. The number of rotatable bonds is 2. The molecular formula is C12H19N3. The maximum absolute atomic E-state index is 4.59. The van der Waals surface area contributed by atoms with Gasteiger partial charge in [-0.1, -0.05) is 6.07 Å². The monoisotopic (exact) mass is 205 g/mol. The van der Waals surface area contributed by atoms with Gasteiger partial charge in [-0.05, 0) is 44.7 Å². The van der Waals surface area contributed by atoms with Crippen molar-refractivity contribution in [3.8, 4) is 0 Å². The van der Waals surface area contributed by atoms with Crippen LogP contribution in [0.15, 0.2) is 12.1 Å². The van der Waals surface area contributed by atoms with Crippen LogP contribution in [-0.4, -0.2) is 17.6 Å². The Morgan fingerprint density at radius 1 is 1.33 bits per heavy atom. The second kappa shape index (κ2) is 4.51. The minimum absolute atomic E-state index is 0.432. The predicted octanol–water partition coefficient (Wildman–Crippen LogP) is 2.65. The van der Waals surface area contributed by atoms with Gasteiger partial charge in [0.15, 0.2) is 0 Å². The fourth-order valence-electron chi connectivity index (χ4n) is 1.87. The smallest absolute Gasteiger partial charge is 0.131 e. The molecule has 0 aliphatic carbocycles. The average molecular weight is 205 g/mol. The van der Waals surface area contributed by atoms with Gasteiger partial charge in [-0.2, -0.15) is 0 Å². The molecule has 82 valence electrons. The molecule has 0 aromatic carbocycles. The van der Waals surface area contributed by atoms with Crippen molar-refractivity contribution in [1.82, 2.24) is 4.98 Å². The van der Waals surface area contributed by atoms with Gasteiger partial charge in [-0.3, -0.25) is 0 Å². The van der Waals surface area contributed by atoms with E-state index >= 15 is 0 Å². The standard InChI is InChI=1S/C12H19N3/c1-9(2)14-11-7-6-10-5-3-4-8-13-12(10)15-11/h6-7,9H,3-5,8H2,1-2H3,(H2,13,14,15). The molecule has 0 unspecified atom stereocenters. The van der Waals surface area contributed by atoms with E-state index in [9.17, 15) is 0 Å². The maximum Gasteiger partial charge on any atom is 0.131 e. The number of pyridine rings is 1. The summed E-state index contributed by atoms with van der Waals surface area (Å²) in [6.45, 7) is 5.30. The van der Waals surface area contributed by atoms with E-state index in [-0.39, 0.29) is 0 Å². The van der Waals surface area contributed by atoms with Crippen molar-refractivity contribution >= 4 is 11.6 Å². The topological polar surface area (TPSA) is 37.0 Å². The third kappa shape index (κ3) is 2.61. The average Bonchev–Trinajstić information content (AvgIpc) is 2.41. The van der Waals surface area contributed by atoms with Crippen LogP contribution in [0.25, 0.3) is 0 Å². The van der Waals surface area contributed by atoms with Crippen LogP contribution in [0.4, 0.5) is 11.6 Å². The number of hydrogen-bond acceptors (Lipinski definition) is 3. The van der Waals surface area contributed by atoms with Gasteiger partial charge in [0.1, 0.15) is 11.6 Å². The number of nitrogens with one attached hydrogen (secondary N) is 2. The number of fused-ring (bicyclic) bond motifs is 1. The van der Waals surface area contributed by atoms with Gasteiger partial charge in [0.05, 0.1) is 0 Å². The van der Waals surface area contributed by atoms with Crippen molar-refractivity contribution in [2.24, 2.45) is 0 Å². The van der Waals surface area contributed by atoms with Crippen molar-refractivity contribution in [3.05, 3.63) is 17.7 Å². The molecule has 1 aliphatic rings. The number of aryl methyl sites for hydroxylation is 1. The Morgan fingerprint density at radius 3 is 3.00 bits per heavy atom. The van der Waals surface area contributed by atoms with Crippen LogP contribution < -0.4 is 10.6 Å². The molecule has 2 rings (SSSR count). The third-order valence-corrected chi connectivity index (χ3v) is 2.58. The molecule has 0 saturated heterocycles. The lowest BCUT2D eigenvalue weighted by Crippen LogP contribution is -2.12. The Balaban J connectivity index is 2.20. The highest BCUT2D eigenvalue weighted by Crippen LogP contribution is 2.21. The van der Waals surface area contributed by atoms with Crippen LogP contribution in [0.3, 0.4) is 0 Å². The van der Waals surface area contributed by atoms with Crippen LogP contribution in [-0.2, 0) is 6.42 Å². The molecule has 0 fully saturated rings. The highest BCUT2D eigenvalue weighted by atomic mass is 15.1. The Morgan fingerprint density at radius 2 is 2.20 bits per heavy atom. The molecule has 0 amide bonds. The first-order valence-electron chi connectivity index (χ1n) is 5.76. The number of anilines is 2. The summed E-state index contributed by atoms with van der Waals surface area (Å²) in [5, 5.41) is 6.71. The largest absolute Gasteiger partial charge is 0.370 e. The molecule has 0 saturated carbocycles. The first-order valence-corrected chi connectivity index (χ1v) is 5.76. The van der Waals surface area contributed by atoms with Crippen LogP contribution in [0.2, 0.25) is 0 Å². The second-order valence-electron chi connectivity index (χ2n) is 4.39. The van der Waals surface area contributed by atoms with Crippen LogP contribution in [0, 0.1) is 0 Å². The molecule has 1 aliphatic heterocycles.